The summed E-state index contributed by atoms with van der Waals surface area (Å²) in [6.45, 7) is 2.01. The van der Waals surface area contributed by atoms with Gasteiger partial charge in [0.2, 0.25) is 0 Å². The number of rotatable bonds is 3. The average Bonchev–Trinajstić information content (AvgIpc) is 2.44. The van der Waals surface area contributed by atoms with Crippen LogP contribution in [0.5, 0.6) is 0 Å². The van der Waals surface area contributed by atoms with E-state index in [9.17, 15) is 13.6 Å². The number of amides is 1. The van der Waals surface area contributed by atoms with E-state index in [-0.39, 0.29) is 11.4 Å². The summed E-state index contributed by atoms with van der Waals surface area (Å²) < 4.78 is 26.5. The number of aryl methyl sites for hydroxylation is 1. The molecule has 0 radical (unpaired) electrons. The van der Waals surface area contributed by atoms with Gasteiger partial charge in [0.25, 0.3) is 5.91 Å². The van der Waals surface area contributed by atoms with Crippen molar-refractivity contribution in [1.82, 2.24) is 0 Å². The van der Waals surface area contributed by atoms with Crippen LogP contribution in [-0.2, 0) is 6.42 Å². The number of benzene rings is 2. The van der Waals surface area contributed by atoms with Gasteiger partial charge in [-0.25, -0.2) is 8.78 Å². The molecule has 0 saturated heterocycles. The number of nitrogen functional groups attached to an aromatic ring is 1. The maximum absolute atomic E-state index is 13.5. The van der Waals surface area contributed by atoms with Crippen LogP contribution in [-0.4, -0.2) is 5.91 Å². The molecule has 0 heterocycles. The molecule has 0 aliphatic rings. The Morgan fingerprint density at radius 1 is 1.15 bits per heavy atom. The van der Waals surface area contributed by atoms with Crippen LogP contribution in [0, 0.1) is 11.6 Å². The fraction of sp³-hybridized carbons (Fsp3) is 0.133. The van der Waals surface area contributed by atoms with Gasteiger partial charge in [-0.15, -0.1) is 0 Å². The maximum atomic E-state index is 13.5. The molecular formula is C15H14F2N2O. The Bertz CT molecular complexity index is 639. The molecule has 0 aromatic heterocycles. The molecule has 2 rings (SSSR count). The predicted octanol–water partition coefficient (Wildman–Crippen LogP) is 3.36. The van der Waals surface area contributed by atoms with E-state index in [1.807, 2.05) is 19.1 Å². The monoisotopic (exact) mass is 276 g/mol. The first-order valence-corrected chi connectivity index (χ1v) is 6.16. The summed E-state index contributed by atoms with van der Waals surface area (Å²) in [6.07, 6.45) is 0.866. The highest BCUT2D eigenvalue weighted by Gasteiger charge is 2.12. The molecule has 1 amide bonds. The number of hydrogen-bond donors (Lipinski definition) is 2. The smallest absolute Gasteiger partial charge is 0.255 e. The summed E-state index contributed by atoms with van der Waals surface area (Å²) in [4.78, 5) is 11.9. The van der Waals surface area contributed by atoms with Gasteiger partial charge < -0.3 is 11.1 Å². The summed E-state index contributed by atoms with van der Waals surface area (Å²) in [6, 6.07) is 8.65. The number of halogens is 2. The second-order valence-corrected chi connectivity index (χ2v) is 4.36. The highest BCUT2D eigenvalue weighted by molar-refractivity contribution is 6.04. The van der Waals surface area contributed by atoms with Crippen molar-refractivity contribution >= 4 is 17.3 Å². The van der Waals surface area contributed by atoms with Crippen LogP contribution in [0.4, 0.5) is 20.2 Å². The van der Waals surface area contributed by atoms with E-state index < -0.39 is 17.5 Å². The molecule has 0 fully saturated rings. The number of carbonyl (C=O) groups is 1. The third-order valence-corrected chi connectivity index (χ3v) is 2.96. The zero-order chi connectivity index (χ0) is 14.7. The standard InChI is InChI=1S/C15H14F2N2O/c1-2-9-3-5-10(6-4-9)15(20)19-14-8-13(18)11(16)7-12(14)17/h3-8H,2,18H2,1H3,(H,19,20). The third-order valence-electron chi connectivity index (χ3n) is 2.96. The van der Waals surface area contributed by atoms with Crippen LogP contribution < -0.4 is 11.1 Å². The van der Waals surface area contributed by atoms with Crippen LogP contribution in [0.15, 0.2) is 36.4 Å². The Labute approximate surface area is 115 Å². The molecule has 104 valence electrons. The molecule has 0 saturated carbocycles. The Morgan fingerprint density at radius 2 is 1.80 bits per heavy atom. The quantitative estimate of drug-likeness (QED) is 0.844. The lowest BCUT2D eigenvalue weighted by atomic mass is 10.1. The second-order valence-electron chi connectivity index (χ2n) is 4.36. The zero-order valence-electron chi connectivity index (χ0n) is 10.9. The number of carbonyl (C=O) groups excluding carboxylic acids is 1. The molecule has 5 heteroatoms. The topological polar surface area (TPSA) is 55.1 Å². The van der Waals surface area contributed by atoms with Gasteiger partial charge in [0, 0.05) is 11.6 Å². The Morgan fingerprint density at radius 3 is 2.40 bits per heavy atom. The normalized spacial score (nSPS) is 10.3. The van der Waals surface area contributed by atoms with E-state index in [1.54, 1.807) is 12.1 Å². The summed E-state index contributed by atoms with van der Waals surface area (Å²) in [5.74, 6) is -2.19. The summed E-state index contributed by atoms with van der Waals surface area (Å²) in [5.41, 5.74) is 6.47. The Hall–Kier alpha value is -2.43. The first-order chi connectivity index (χ1) is 9.51. The summed E-state index contributed by atoms with van der Waals surface area (Å²) in [7, 11) is 0. The number of anilines is 2. The fourth-order valence-electron chi connectivity index (χ4n) is 1.75. The molecule has 2 aromatic carbocycles. The first kappa shape index (κ1) is 14.0. The van der Waals surface area contributed by atoms with Crippen molar-refractivity contribution in [3.8, 4) is 0 Å². The maximum Gasteiger partial charge on any atom is 0.255 e. The van der Waals surface area contributed by atoms with E-state index in [2.05, 4.69) is 5.32 Å². The Balaban J connectivity index is 2.20. The molecule has 0 atom stereocenters. The fourth-order valence-corrected chi connectivity index (χ4v) is 1.75. The van der Waals surface area contributed by atoms with Gasteiger partial charge in [-0.1, -0.05) is 19.1 Å². The average molecular weight is 276 g/mol. The number of nitrogens with one attached hydrogen (secondary N) is 1. The molecule has 0 aliphatic carbocycles. The molecule has 0 aliphatic heterocycles. The lowest BCUT2D eigenvalue weighted by molar-refractivity contribution is 0.102. The van der Waals surface area contributed by atoms with Crippen molar-refractivity contribution in [3.63, 3.8) is 0 Å². The van der Waals surface area contributed by atoms with Crippen molar-refractivity contribution < 1.29 is 13.6 Å². The Kier molecular flexibility index (Phi) is 3.98. The number of hydrogen-bond acceptors (Lipinski definition) is 2. The van der Waals surface area contributed by atoms with Crippen LogP contribution in [0.25, 0.3) is 0 Å². The minimum atomic E-state index is -0.866. The van der Waals surface area contributed by atoms with Crippen molar-refractivity contribution in [2.45, 2.75) is 13.3 Å². The molecule has 0 bridgehead atoms. The van der Waals surface area contributed by atoms with Crippen LogP contribution >= 0.6 is 0 Å². The number of nitrogens with two attached hydrogens (primary N) is 1. The van der Waals surface area contributed by atoms with E-state index in [0.717, 1.165) is 18.1 Å². The van der Waals surface area contributed by atoms with E-state index in [4.69, 9.17) is 5.73 Å². The third kappa shape index (κ3) is 2.93. The largest absolute Gasteiger partial charge is 0.396 e. The van der Waals surface area contributed by atoms with Crippen LogP contribution in [0.2, 0.25) is 0 Å². The van der Waals surface area contributed by atoms with Gasteiger partial charge in [0.1, 0.15) is 11.6 Å². The lowest BCUT2D eigenvalue weighted by Gasteiger charge is -2.08. The second kappa shape index (κ2) is 5.69. The molecule has 0 spiro atoms. The van der Waals surface area contributed by atoms with Gasteiger partial charge in [0.15, 0.2) is 0 Å². The zero-order valence-corrected chi connectivity index (χ0v) is 10.9. The van der Waals surface area contributed by atoms with Crippen molar-refractivity contribution in [1.29, 1.82) is 0 Å². The lowest BCUT2D eigenvalue weighted by Crippen LogP contribution is -2.13. The molecular weight excluding hydrogens is 262 g/mol. The first-order valence-electron chi connectivity index (χ1n) is 6.16. The minimum Gasteiger partial charge on any atom is -0.396 e. The van der Waals surface area contributed by atoms with Crippen LogP contribution in [0.1, 0.15) is 22.8 Å². The predicted molar refractivity (Wildman–Crippen MR) is 74.5 cm³/mol. The highest BCUT2D eigenvalue weighted by atomic mass is 19.1. The van der Waals surface area contributed by atoms with E-state index >= 15 is 0 Å². The van der Waals surface area contributed by atoms with Crippen molar-refractivity contribution in [3.05, 3.63) is 59.2 Å². The van der Waals surface area contributed by atoms with E-state index in [1.165, 1.54) is 0 Å². The SMILES string of the molecule is CCc1ccc(C(=O)Nc2cc(N)c(F)cc2F)cc1. The summed E-state index contributed by atoms with van der Waals surface area (Å²) >= 11 is 0. The molecule has 3 N–H and O–H groups in total. The molecule has 20 heavy (non-hydrogen) atoms. The minimum absolute atomic E-state index is 0.145. The van der Waals surface area contributed by atoms with Crippen LogP contribution in [0.3, 0.4) is 0 Å². The highest BCUT2D eigenvalue weighted by Crippen LogP contribution is 2.21. The van der Waals surface area contributed by atoms with Gasteiger partial charge in [-0.3, -0.25) is 4.79 Å². The van der Waals surface area contributed by atoms with Gasteiger partial charge in [-0.2, -0.15) is 0 Å². The van der Waals surface area contributed by atoms with Crippen molar-refractivity contribution in [2.75, 3.05) is 11.1 Å². The molecule has 0 unspecified atom stereocenters. The van der Waals surface area contributed by atoms with Gasteiger partial charge in [-0.05, 0) is 30.2 Å². The van der Waals surface area contributed by atoms with E-state index in [0.29, 0.717) is 11.6 Å². The molecule has 2 aromatic rings. The van der Waals surface area contributed by atoms with Gasteiger partial charge >= 0.3 is 0 Å². The summed E-state index contributed by atoms with van der Waals surface area (Å²) in [5, 5.41) is 2.37. The van der Waals surface area contributed by atoms with Gasteiger partial charge in [0.05, 0.1) is 11.4 Å². The molecule has 3 nitrogen and oxygen atoms in total. The van der Waals surface area contributed by atoms with Crippen molar-refractivity contribution in [2.24, 2.45) is 0 Å².